The van der Waals surface area contributed by atoms with Crippen LogP contribution in [0.15, 0.2) is 36.4 Å². The van der Waals surface area contributed by atoms with E-state index in [9.17, 15) is 19.7 Å². The summed E-state index contributed by atoms with van der Waals surface area (Å²) in [5.74, 6) is -0.462. The molecule has 1 aromatic carbocycles. The minimum Gasteiger partial charge on any atom is -0.351 e. The monoisotopic (exact) mass is 318 g/mol. The Hall–Kier alpha value is -2.54. The van der Waals surface area contributed by atoms with Crippen LogP contribution in [0.25, 0.3) is 0 Å². The van der Waals surface area contributed by atoms with Gasteiger partial charge in [0.15, 0.2) is 5.78 Å². The average Bonchev–Trinajstić information content (AvgIpc) is 2.96. The summed E-state index contributed by atoms with van der Waals surface area (Å²) in [5.41, 5.74) is -0.168. The molecule has 1 amide bonds. The molecule has 114 valence electrons. The molecular formula is C15H14N2O4S. The first kappa shape index (κ1) is 15.8. The molecule has 2 rings (SSSR count). The molecule has 0 bridgehead atoms. The summed E-state index contributed by atoms with van der Waals surface area (Å²) >= 11 is 1.39. The number of carbonyl (C=O) groups is 2. The van der Waals surface area contributed by atoms with Crippen LogP contribution in [0.1, 0.15) is 31.8 Å². The van der Waals surface area contributed by atoms with Crippen LogP contribution in [0, 0.1) is 10.1 Å². The fraction of sp³-hybridized carbons (Fsp3) is 0.200. The van der Waals surface area contributed by atoms with E-state index in [0.29, 0.717) is 17.8 Å². The average molecular weight is 318 g/mol. The molecule has 0 aliphatic heterocycles. The van der Waals surface area contributed by atoms with Gasteiger partial charge in [0.1, 0.15) is 5.56 Å². The number of benzene rings is 1. The number of rotatable bonds is 6. The molecule has 1 aromatic heterocycles. The SMILES string of the molecule is CC(=O)c1ccc(CCNC(=O)c2ccccc2[N+](=O)[O-])s1. The van der Waals surface area contributed by atoms with Crippen LogP contribution in [0.5, 0.6) is 0 Å². The van der Waals surface area contributed by atoms with Gasteiger partial charge in [-0.2, -0.15) is 0 Å². The maximum atomic E-state index is 12.0. The molecule has 22 heavy (non-hydrogen) atoms. The van der Waals surface area contributed by atoms with Crippen LogP contribution >= 0.6 is 11.3 Å². The second kappa shape index (κ2) is 6.95. The van der Waals surface area contributed by atoms with E-state index in [1.165, 1.54) is 36.5 Å². The number of hydrogen-bond donors (Lipinski definition) is 1. The summed E-state index contributed by atoms with van der Waals surface area (Å²) in [4.78, 5) is 35.2. The van der Waals surface area contributed by atoms with Gasteiger partial charge in [0.05, 0.1) is 9.80 Å². The van der Waals surface area contributed by atoms with E-state index in [2.05, 4.69) is 5.32 Å². The molecule has 0 radical (unpaired) electrons. The maximum Gasteiger partial charge on any atom is 0.282 e. The van der Waals surface area contributed by atoms with Crippen molar-refractivity contribution in [1.29, 1.82) is 0 Å². The topological polar surface area (TPSA) is 89.3 Å². The summed E-state index contributed by atoms with van der Waals surface area (Å²) in [6.45, 7) is 1.86. The number of amides is 1. The van der Waals surface area contributed by atoms with Crippen molar-refractivity contribution in [3.05, 3.63) is 61.8 Å². The van der Waals surface area contributed by atoms with E-state index >= 15 is 0 Å². The number of nitrogens with one attached hydrogen (secondary N) is 1. The van der Waals surface area contributed by atoms with Crippen molar-refractivity contribution in [3.8, 4) is 0 Å². The van der Waals surface area contributed by atoms with Gasteiger partial charge in [-0.25, -0.2) is 0 Å². The fourth-order valence-corrected chi connectivity index (χ4v) is 2.82. The number of ketones is 1. The normalized spacial score (nSPS) is 10.2. The predicted molar refractivity (Wildman–Crippen MR) is 83.5 cm³/mol. The molecule has 0 saturated heterocycles. The first-order valence-electron chi connectivity index (χ1n) is 6.60. The highest BCUT2D eigenvalue weighted by atomic mass is 32.1. The number of nitrogens with zero attached hydrogens (tertiary/aromatic N) is 1. The quantitative estimate of drug-likeness (QED) is 0.504. The molecule has 0 unspecified atom stereocenters. The van der Waals surface area contributed by atoms with E-state index in [-0.39, 0.29) is 17.0 Å². The lowest BCUT2D eigenvalue weighted by Gasteiger charge is -2.04. The van der Waals surface area contributed by atoms with Gasteiger partial charge in [0.25, 0.3) is 11.6 Å². The Bertz CT molecular complexity index is 724. The van der Waals surface area contributed by atoms with Crippen molar-refractivity contribution in [2.45, 2.75) is 13.3 Å². The Labute approximate surface area is 130 Å². The minimum absolute atomic E-state index is 0.0141. The first-order chi connectivity index (χ1) is 10.5. The highest BCUT2D eigenvalue weighted by Gasteiger charge is 2.18. The molecule has 0 fully saturated rings. The lowest BCUT2D eigenvalue weighted by atomic mass is 10.1. The van der Waals surface area contributed by atoms with E-state index in [1.54, 1.807) is 12.1 Å². The van der Waals surface area contributed by atoms with Crippen LogP contribution in [-0.2, 0) is 6.42 Å². The lowest BCUT2D eigenvalue weighted by molar-refractivity contribution is -0.385. The smallest absolute Gasteiger partial charge is 0.282 e. The van der Waals surface area contributed by atoms with Gasteiger partial charge >= 0.3 is 0 Å². The number of nitro benzene ring substituents is 1. The number of hydrogen-bond acceptors (Lipinski definition) is 5. The summed E-state index contributed by atoms with van der Waals surface area (Å²) in [7, 11) is 0. The molecule has 0 aliphatic rings. The van der Waals surface area contributed by atoms with Crippen LogP contribution in [0.3, 0.4) is 0 Å². The molecule has 0 atom stereocenters. The second-order valence-corrected chi connectivity index (χ2v) is 5.77. The lowest BCUT2D eigenvalue weighted by Crippen LogP contribution is -2.26. The van der Waals surface area contributed by atoms with Crippen molar-refractivity contribution in [3.63, 3.8) is 0 Å². The van der Waals surface area contributed by atoms with Crippen molar-refractivity contribution >= 4 is 28.7 Å². The Morgan fingerprint density at radius 3 is 2.59 bits per heavy atom. The van der Waals surface area contributed by atoms with Crippen LogP contribution in [-0.4, -0.2) is 23.2 Å². The largest absolute Gasteiger partial charge is 0.351 e. The Balaban J connectivity index is 1.95. The van der Waals surface area contributed by atoms with E-state index < -0.39 is 10.8 Å². The van der Waals surface area contributed by atoms with Crippen LogP contribution in [0.4, 0.5) is 5.69 Å². The molecule has 7 heteroatoms. The van der Waals surface area contributed by atoms with Crippen LogP contribution in [0.2, 0.25) is 0 Å². The fourth-order valence-electron chi connectivity index (χ4n) is 1.92. The van der Waals surface area contributed by atoms with E-state index in [4.69, 9.17) is 0 Å². The highest BCUT2D eigenvalue weighted by Crippen LogP contribution is 2.18. The number of nitro groups is 1. The van der Waals surface area contributed by atoms with Gasteiger partial charge in [-0.1, -0.05) is 12.1 Å². The van der Waals surface area contributed by atoms with Crippen molar-refractivity contribution in [2.75, 3.05) is 6.54 Å². The second-order valence-electron chi connectivity index (χ2n) is 4.60. The van der Waals surface area contributed by atoms with Gasteiger partial charge in [-0.3, -0.25) is 19.7 Å². The predicted octanol–water partition coefficient (Wildman–Crippen LogP) is 2.83. The molecule has 0 saturated carbocycles. The molecule has 1 N–H and O–H groups in total. The highest BCUT2D eigenvalue weighted by molar-refractivity contribution is 7.14. The minimum atomic E-state index is -0.576. The zero-order valence-corrected chi connectivity index (χ0v) is 12.7. The summed E-state index contributed by atoms with van der Waals surface area (Å²) in [6, 6.07) is 9.43. The zero-order chi connectivity index (χ0) is 16.1. The number of thiophene rings is 1. The van der Waals surface area contributed by atoms with E-state index in [0.717, 1.165) is 4.88 Å². The molecule has 1 heterocycles. The summed E-state index contributed by atoms with van der Waals surface area (Å²) in [5, 5.41) is 13.5. The first-order valence-corrected chi connectivity index (χ1v) is 7.42. The zero-order valence-electron chi connectivity index (χ0n) is 11.9. The van der Waals surface area contributed by atoms with Gasteiger partial charge < -0.3 is 5.32 Å². The molecule has 6 nitrogen and oxygen atoms in total. The number of carbonyl (C=O) groups excluding carboxylic acids is 2. The molecule has 0 aliphatic carbocycles. The van der Waals surface area contributed by atoms with Gasteiger partial charge in [-0.05, 0) is 31.5 Å². The third kappa shape index (κ3) is 3.76. The van der Waals surface area contributed by atoms with Gasteiger partial charge in [0, 0.05) is 17.5 Å². The third-order valence-electron chi connectivity index (χ3n) is 3.01. The molecular weight excluding hydrogens is 304 g/mol. The Morgan fingerprint density at radius 2 is 1.95 bits per heavy atom. The van der Waals surface area contributed by atoms with Gasteiger partial charge in [-0.15, -0.1) is 11.3 Å². The Kier molecular flexibility index (Phi) is 5.00. The maximum absolute atomic E-state index is 12.0. The molecule has 0 spiro atoms. The number of para-hydroxylation sites is 1. The van der Waals surface area contributed by atoms with Crippen molar-refractivity contribution < 1.29 is 14.5 Å². The van der Waals surface area contributed by atoms with Crippen molar-refractivity contribution in [1.82, 2.24) is 5.32 Å². The van der Waals surface area contributed by atoms with Crippen molar-refractivity contribution in [2.24, 2.45) is 0 Å². The number of Topliss-reactive ketones (excluding diaryl/α,β-unsaturated/α-hetero) is 1. The van der Waals surface area contributed by atoms with Gasteiger partial charge in [0.2, 0.25) is 0 Å². The standard InChI is InChI=1S/C15H14N2O4S/c1-10(18)14-7-6-11(22-14)8-9-16-15(19)12-4-2-3-5-13(12)17(20)21/h2-7H,8-9H2,1H3,(H,16,19). The molecule has 2 aromatic rings. The van der Waals surface area contributed by atoms with Crippen LogP contribution < -0.4 is 5.32 Å². The third-order valence-corrected chi connectivity index (χ3v) is 4.26. The summed E-state index contributed by atoms with van der Waals surface area (Å²) in [6.07, 6.45) is 0.574. The summed E-state index contributed by atoms with van der Waals surface area (Å²) < 4.78 is 0. The van der Waals surface area contributed by atoms with E-state index in [1.807, 2.05) is 6.07 Å². The Morgan fingerprint density at radius 1 is 1.23 bits per heavy atom.